The molecule has 0 atom stereocenters. The van der Waals surface area contributed by atoms with Crippen molar-refractivity contribution in [2.24, 2.45) is 0 Å². The maximum Gasteiger partial charge on any atom is 0.125 e. The summed E-state index contributed by atoms with van der Waals surface area (Å²) < 4.78 is 13.0. The first-order valence-corrected chi connectivity index (χ1v) is 5.22. The fourth-order valence-corrected chi connectivity index (χ4v) is 1.56. The molecule has 1 heterocycles. The van der Waals surface area contributed by atoms with Crippen LogP contribution in [0.5, 0.6) is 0 Å². The quantitative estimate of drug-likeness (QED) is 0.864. The number of aryl methyl sites for hydroxylation is 1. The van der Waals surface area contributed by atoms with Gasteiger partial charge < -0.3 is 10.3 Å². The molecule has 5 heteroatoms. The molecule has 16 heavy (non-hydrogen) atoms. The van der Waals surface area contributed by atoms with E-state index in [1.54, 1.807) is 6.33 Å². The molecule has 0 aliphatic rings. The Morgan fingerprint density at radius 3 is 3.00 bits per heavy atom. The lowest BCUT2D eigenvalue weighted by Crippen LogP contribution is -2.02. The summed E-state index contributed by atoms with van der Waals surface area (Å²) in [5, 5.41) is 3.54. The minimum Gasteiger partial charge on any atom is -0.378 e. The minimum atomic E-state index is -0.314. The van der Waals surface area contributed by atoms with E-state index in [0.717, 1.165) is 11.4 Å². The van der Waals surface area contributed by atoms with E-state index in [1.807, 2.05) is 6.92 Å². The predicted octanol–water partition coefficient (Wildman–Crippen LogP) is 3.12. The van der Waals surface area contributed by atoms with Gasteiger partial charge in [0.05, 0.1) is 29.3 Å². The number of H-pyrrole nitrogens is 1. The molecule has 0 aliphatic carbocycles. The van der Waals surface area contributed by atoms with Crippen LogP contribution in [-0.2, 0) is 6.54 Å². The van der Waals surface area contributed by atoms with Crippen LogP contribution in [0.4, 0.5) is 10.1 Å². The van der Waals surface area contributed by atoms with E-state index < -0.39 is 0 Å². The van der Waals surface area contributed by atoms with Crippen LogP contribution in [0.25, 0.3) is 0 Å². The van der Waals surface area contributed by atoms with E-state index in [4.69, 9.17) is 11.6 Å². The second-order valence-electron chi connectivity index (χ2n) is 3.45. The molecule has 1 aromatic carbocycles. The summed E-state index contributed by atoms with van der Waals surface area (Å²) in [6, 6.07) is 4.22. The van der Waals surface area contributed by atoms with Crippen LogP contribution < -0.4 is 5.32 Å². The Morgan fingerprint density at radius 1 is 1.50 bits per heavy atom. The van der Waals surface area contributed by atoms with Crippen LogP contribution in [-0.4, -0.2) is 9.97 Å². The van der Waals surface area contributed by atoms with Crippen LogP contribution in [0.3, 0.4) is 0 Å². The number of rotatable bonds is 3. The third-order valence-electron chi connectivity index (χ3n) is 2.31. The van der Waals surface area contributed by atoms with Crippen molar-refractivity contribution < 1.29 is 4.39 Å². The topological polar surface area (TPSA) is 40.7 Å². The maximum absolute atomic E-state index is 13.0. The highest BCUT2D eigenvalue weighted by molar-refractivity contribution is 6.33. The van der Waals surface area contributed by atoms with E-state index >= 15 is 0 Å². The summed E-state index contributed by atoms with van der Waals surface area (Å²) in [4.78, 5) is 7.10. The van der Waals surface area contributed by atoms with Crippen molar-refractivity contribution in [2.45, 2.75) is 13.5 Å². The zero-order valence-corrected chi connectivity index (χ0v) is 9.48. The Morgan fingerprint density at radius 2 is 2.31 bits per heavy atom. The molecule has 3 nitrogen and oxygen atoms in total. The van der Waals surface area contributed by atoms with Gasteiger partial charge in [0, 0.05) is 5.69 Å². The van der Waals surface area contributed by atoms with E-state index in [-0.39, 0.29) is 5.82 Å². The van der Waals surface area contributed by atoms with Crippen molar-refractivity contribution >= 4 is 17.3 Å². The van der Waals surface area contributed by atoms with Gasteiger partial charge in [-0.05, 0) is 25.1 Å². The van der Waals surface area contributed by atoms with E-state index in [0.29, 0.717) is 17.3 Å². The Labute approximate surface area is 97.7 Å². The third kappa shape index (κ3) is 2.33. The molecule has 0 aliphatic heterocycles. The molecule has 0 amide bonds. The van der Waals surface area contributed by atoms with Gasteiger partial charge in [0.2, 0.25) is 0 Å². The van der Waals surface area contributed by atoms with E-state index in [2.05, 4.69) is 15.3 Å². The molecule has 1 aromatic heterocycles. The largest absolute Gasteiger partial charge is 0.378 e. The number of nitrogens with one attached hydrogen (secondary N) is 2. The molecule has 2 aromatic rings. The highest BCUT2D eigenvalue weighted by atomic mass is 35.5. The molecule has 0 radical (unpaired) electrons. The lowest BCUT2D eigenvalue weighted by atomic mass is 10.3. The Hall–Kier alpha value is -1.55. The van der Waals surface area contributed by atoms with Crippen molar-refractivity contribution in [3.63, 3.8) is 0 Å². The van der Waals surface area contributed by atoms with Gasteiger partial charge in [-0.1, -0.05) is 11.6 Å². The molecule has 2 N–H and O–H groups in total. The fraction of sp³-hybridized carbons (Fsp3) is 0.182. The molecule has 84 valence electrons. The second-order valence-corrected chi connectivity index (χ2v) is 3.86. The number of hydrogen-bond donors (Lipinski definition) is 2. The zero-order chi connectivity index (χ0) is 11.5. The van der Waals surface area contributed by atoms with Crippen LogP contribution >= 0.6 is 11.6 Å². The molecule has 0 bridgehead atoms. The summed E-state index contributed by atoms with van der Waals surface area (Å²) in [6.45, 7) is 2.44. The smallest absolute Gasteiger partial charge is 0.125 e. The van der Waals surface area contributed by atoms with Crippen molar-refractivity contribution in [2.75, 3.05) is 5.32 Å². The number of aromatic nitrogens is 2. The summed E-state index contributed by atoms with van der Waals surface area (Å²) in [6.07, 6.45) is 1.62. The van der Waals surface area contributed by atoms with Crippen molar-refractivity contribution in [3.8, 4) is 0 Å². The van der Waals surface area contributed by atoms with E-state index in [9.17, 15) is 4.39 Å². The monoisotopic (exact) mass is 239 g/mol. The molecular weight excluding hydrogens is 229 g/mol. The molecule has 0 saturated heterocycles. The van der Waals surface area contributed by atoms with Gasteiger partial charge in [0.15, 0.2) is 0 Å². The number of anilines is 1. The van der Waals surface area contributed by atoms with Crippen LogP contribution in [0.2, 0.25) is 5.02 Å². The normalized spacial score (nSPS) is 10.4. The number of nitrogens with zero attached hydrogens (tertiary/aromatic N) is 1. The van der Waals surface area contributed by atoms with Crippen molar-refractivity contribution in [1.82, 2.24) is 9.97 Å². The molecule has 0 fully saturated rings. The Bertz CT molecular complexity index is 496. The highest BCUT2D eigenvalue weighted by Crippen LogP contribution is 2.22. The van der Waals surface area contributed by atoms with Gasteiger partial charge in [-0.25, -0.2) is 9.37 Å². The molecule has 2 rings (SSSR count). The number of halogens is 2. The lowest BCUT2D eigenvalue weighted by Gasteiger charge is -2.07. The standard InChI is InChI=1S/C11H11ClFN3/c1-7-11(16-6-15-7)5-14-10-4-8(13)2-3-9(10)12/h2-4,6,14H,5H2,1H3,(H,15,16). The van der Waals surface area contributed by atoms with Gasteiger partial charge in [0.1, 0.15) is 5.82 Å². The third-order valence-corrected chi connectivity index (χ3v) is 2.64. The first-order chi connectivity index (χ1) is 7.66. The number of hydrogen-bond acceptors (Lipinski definition) is 2. The second kappa shape index (κ2) is 4.53. The average molecular weight is 240 g/mol. The zero-order valence-electron chi connectivity index (χ0n) is 8.72. The fourth-order valence-electron chi connectivity index (χ4n) is 1.38. The highest BCUT2D eigenvalue weighted by Gasteiger charge is 2.04. The van der Waals surface area contributed by atoms with Gasteiger partial charge in [-0.2, -0.15) is 0 Å². The van der Waals surface area contributed by atoms with Gasteiger partial charge >= 0.3 is 0 Å². The van der Waals surface area contributed by atoms with Crippen LogP contribution in [0, 0.1) is 12.7 Å². The molecule has 0 unspecified atom stereocenters. The Balaban J connectivity index is 2.10. The predicted molar refractivity (Wildman–Crippen MR) is 62.1 cm³/mol. The van der Waals surface area contributed by atoms with Crippen LogP contribution in [0.15, 0.2) is 24.5 Å². The van der Waals surface area contributed by atoms with Gasteiger partial charge in [0.25, 0.3) is 0 Å². The maximum atomic E-state index is 13.0. The molecule has 0 spiro atoms. The minimum absolute atomic E-state index is 0.314. The van der Waals surface area contributed by atoms with Gasteiger partial charge in [-0.3, -0.25) is 0 Å². The van der Waals surface area contributed by atoms with Crippen molar-refractivity contribution in [1.29, 1.82) is 0 Å². The summed E-state index contributed by atoms with van der Waals surface area (Å²) in [5.41, 5.74) is 2.45. The average Bonchev–Trinajstić information content (AvgIpc) is 2.66. The van der Waals surface area contributed by atoms with Crippen LogP contribution in [0.1, 0.15) is 11.4 Å². The molecule has 0 saturated carbocycles. The number of benzene rings is 1. The van der Waals surface area contributed by atoms with Crippen molar-refractivity contribution in [3.05, 3.63) is 46.8 Å². The summed E-state index contributed by atoms with van der Waals surface area (Å²) in [7, 11) is 0. The lowest BCUT2D eigenvalue weighted by molar-refractivity contribution is 0.628. The van der Waals surface area contributed by atoms with Gasteiger partial charge in [-0.15, -0.1) is 0 Å². The first kappa shape index (κ1) is 11.0. The Kier molecular flexibility index (Phi) is 3.10. The number of aromatic amines is 1. The number of imidazole rings is 1. The summed E-state index contributed by atoms with van der Waals surface area (Å²) >= 11 is 5.92. The van der Waals surface area contributed by atoms with E-state index in [1.165, 1.54) is 18.2 Å². The summed E-state index contributed by atoms with van der Waals surface area (Å²) in [5.74, 6) is -0.314. The SMILES string of the molecule is Cc1[nH]cnc1CNc1cc(F)ccc1Cl. The first-order valence-electron chi connectivity index (χ1n) is 4.84. The molecular formula is C11H11ClFN3.